The first-order valence-electron chi connectivity index (χ1n) is 10.6. The van der Waals surface area contributed by atoms with Crippen LogP contribution >= 0.6 is 0 Å². The second-order valence-corrected chi connectivity index (χ2v) is 9.14. The highest BCUT2D eigenvalue weighted by Gasteiger charge is 2.83. The number of epoxide rings is 1. The van der Waals surface area contributed by atoms with Gasteiger partial charge in [-0.1, -0.05) is 0 Å². The molecule has 2 N–H and O–H groups in total. The first kappa shape index (κ1) is 18.2. The Kier molecular flexibility index (Phi) is 3.23. The SMILES string of the molecule is COc1c2c(c(O)c3c4c(c(C)cc13)C1OC3OC1[C@@](CO)(O4)[C@@]31CO1)C(=O)CCC2. The number of benzene rings is 2. The number of aliphatic hydroxyl groups is 1. The summed E-state index contributed by atoms with van der Waals surface area (Å²) in [4.78, 5) is 12.8. The summed E-state index contributed by atoms with van der Waals surface area (Å²) in [5, 5.41) is 22.9. The van der Waals surface area contributed by atoms with Crippen LogP contribution in [0.15, 0.2) is 6.07 Å². The van der Waals surface area contributed by atoms with E-state index in [0.29, 0.717) is 47.3 Å². The van der Waals surface area contributed by atoms with Gasteiger partial charge >= 0.3 is 0 Å². The van der Waals surface area contributed by atoms with Crippen molar-refractivity contribution in [3.05, 3.63) is 28.3 Å². The van der Waals surface area contributed by atoms with Crippen molar-refractivity contribution in [3.8, 4) is 17.2 Å². The molecule has 0 radical (unpaired) electrons. The normalized spacial score (nSPS) is 36.5. The molecule has 2 bridgehead atoms. The number of carbonyl (C=O) groups excluding carboxylic acids is 1. The number of rotatable bonds is 2. The maximum absolute atomic E-state index is 12.8. The van der Waals surface area contributed by atoms with Crippen LogP contribution in [0.1, 0.15) is 46.0 Å². The number of Topliss-reactive ketones (excluding diaryl/α,β-unsaturated/α-hetero) is 1. The number of aromatic hydroxyl groups is 1. The van der Waals surface area contributed by atoms with Crippen LogP contribution in [0.25, 0.3) is 10.8 Å². The van der Waals surface area contributed by atoms with Gasteiger partial charge in [-0.15, -0.1) is 0 Å². The number of methoxy groups -OCH3 is 1. The second kappa shape index (κ2) is 5.50. The summed E-state index contributed by atoms with van der Waals surface area (Å²) in [5.74, 6) is 0.780. The van der Waals surface area contributed by atoms with Crippen molar-refractivity contribution in [2.24, 2.45) is 0 Å². The molecular formula is C23H22O8. The number of hydrogen-bond donors (Lipinski definition) is 2. The lowest BCUT2D eigenvalue weighted by Crippen LogP contribution is -2.65. The van der Waals surface area contributed by atoms with E-state index in [9.17, 15) is 15.0 Å². The van der Waals surface area contributed by atoms with E-state index in [-0.39, 0.29) is 18.1 Å². The first-order valence-corrected chi connectivity index (χ1v) is 10.6. The molecule has 1 spiro atoms. The fraction of sp³-hybridized carbons (Fsp3) is 0.522. The smallest absolute Gasteiger partial charge is 0.197 e. The van der Waals surface area contributed by atoms with E-state index in [1.807, 2.05) is 13.0 Å². The number of ether oxygens (including phenoxy) is 5. The van der Waals surface area contributed by atoms with Gasteiger partial charge in [0.1, 0.15) is 29.5 Å². The van der Waals surface area contributed by atoms with E-state index in [1.54, 1.807) is 7.11 Å². The molecule has 0 aromatic heterocycles. The van der Waals surface area contributed by atoms with Gasteiger partial charge in [-0.3, -0.25) is 4.79 Å². The largest absolute Gasteiger partial charge is 0.506 e. The highest BCUT2D eigenvalue weighted by Crippen LogP contribution is 2.66. The zero-order chi connectivity index (χ0) is 21.3. The minimum atomic E-state index is -1.13. The van der Waals surface area contributed by atoms with Crippen molar-refractivity contribution in [1.29, 1.82) is 0 Å². The summed E-state index contributed by atoms with van der Waals surface area (Å²) in [6, 6.07) is 1.94. The fourth-order valence-electron chi connectivity index (χ4n) is 6.26. The lowest BCUT2D eigenvalue weighted by Gasteiger charge is -2.46. The number of hydrogen-bond acceptors (Lipinski definition) is 8. The number of phenolic OH excluding ortho intramolecular Hbond substituents is 1. The average Bonchev–Trinajstić information content (AvgIpc) is 3.36. The minimum Gasteiger partial charge on any atom is -0.506 e. The Bertz CT molecular complexity index is 1200. The van der Waals surface area contributed by atoms with Gasteiger partial charge in [0.25, 0.3) is 0 Å². The van der Waals surface area contributed by atoms with Crippen LogP contribution in [-0.2, 0) is 20.6 Å². The third-order valence-electron chi connectivity index (χ3n) is 7.77. The van der Waals surface area contributed by atoms with Crippen LogP contribution in [0.5, 0.6) is 17.2 Å². The standard InChI is InChI=1S/C23H22O8/c1-9-6-11-15(16(26)14-10(17(11)27-2)4-3-5-12(14)25)18-13(9)19-20-22(7-24,31-18)23(8-28-23)21(29-19)30-20/h6,19-21,24,26H,3-5,7-8H2,1-2H3/t19?,20?,21?,22-,23-/m1/s1. The molecule has 3 fully saturated rings. The Morgan fingerprint density at radius 2 is 2.10 bits per heavy atom. The van der Waals surface area contributed by atoms with Crippen molar-refractivity contribution >= 4 is 16.6 Å². The van der Waals surface area contributed by atoms with Gasteiger partial charge < -0.3 is 33.9 Å². The molecule has 2 aromatic rings. The summed E-state index contributed by atoms with van der Waals surface area (Å²) >= 11 is 0. The van der Waals surface area contributed by atoms with E-state index < -0.39 is 29.7 Å². The molecule has 5 aliphatic rings. The molecular weight excluding hydrogens is 404 g/mol. The molecule has 8 nitrogen and oxygen atoms in total. The van der Waals surface area contributed by atoms with E-state index in [4.69, 9.17) is 23.7 Å². The van der Waals surface area contributed by atoms with Gasteiger partial charge in [-0.2, -0.15) is 0 Å². The van der Waals surface area contributed by atoms with Gasteiger partial charge in [0.05, 0.1) is 31.3 Å². The van der Waals surface area contributed by atoms with E-state index in [0.717, 1.165) is 23.1 Å². The molecule has 8 heteroatoms. The summed E-state index contributed by atoms with van der Waals surface area (Å²) in [7, 11) is 1.57. The summed E-state index contributed by atoms with van der Waals surface area (Å²) in [6.45, 7) is 2.00. The van der Waals surface area contributed by atoms with Crippen molar-refractivity contribution in [2.45, 2.75) is 55.9 Å². The lowest BCUT2D eigenvalue weighted by molar-refractivity contribution is -0.165. The van der Waals surface area contributed by atoms with Crippen LogP contribution in [0.2, 0.25) is 0 Å². The average molecular weight is 426 g/mol. The van der Waals surface area contributed by atoms with Gasteiger partial charge in [0, 0.05) is 22.9 Å². The van der Waals surface area contributed by atoms with Gasteiger partial charge in [-0.05, 0) is 31.4 Å². The molecule has 4 aliphatic heterocycles. The lowest BCUT2D eigenvalue weighted by atomic mass is 9.75. The van der Waals surface area contributed by atoms with Crippen molar-refractivity contribution < 1.29 is 38.7 Å². The zero-order valence-electron chi connectivity index (χ0n) is 17.2. The van der Waals surface area contributed by atoms with Crippen LogP contribution in [-0.4, -0.2) is 59.9 Å². The van der Waals surface area contributed by atoms with Gasteiger partial charge in [-0.25, -0.2) is 0 Å². The van der Waals surface area contributed by atoms with Crippen LogP contribution < -0.4 is 9.47 Å². The first-order chi connectivity index (χ1) is 15.0. The minimum absolute atomic E-state index is 0.0983. The van der Waals surface area contributed by atoms with E-state index in [1.165, 1.54) is 0 Å². The summed E-state index contributed by atoms with van der Waals surface area (Å²) < 4.78 is 30.3. The molecule has 0 saturated carbocycles. The maximum atomic E-state index is 12.8. The van der Waals surface area contributed by atoms with E-state index >= 15 is 0 Å². The number of fused-ring (bicyclic) bond motifs is 8. The van der Waals surface area contributed by atoms with Crippen molar-refractivity contribution in [1.82, 2.24) is 0 Å². The monoisotopic (exact) mass is 426 g/mol. The fourth-order valence-corrected chi connectivity index (χ4v) is 6.26. The number of ketones is 1. The molecule has 1 aliphatic carbocycles. The predicted molar refractivity (Wildman–Crippen MR) is 106 cm³/mol. The number of carbonyl (C=O) groups is 1. The van der Waals surface area contributed by atoms with Crippen LogP contribution in [0.3, 0.4) is 0 Å². The molecule has 0 amide bonds. The second-order valence-electron chi connectivity index (χ2n) is 9.14. The Balaban J connectivity index is 1.59. The molecule has 4 heterocycles. The topological polar surface area (TPSA) is 107 Å². The Labute approximate surface area is 177 Å². The zero-order valence-corrected chi connectivity index (χ0v) is 17.2. The third-order valence-corrected chi connectivity index (χ3v) is 7.77. The number of aliphatic hydroxyl groups excluding tert-OH is 1. The molecule has 2 aromatic carbocycles. The predicted octanol–water partition coefficient (Wildman–Crippen LogP) is 2.07. The summed E-state index contributed by atoms with van der Waals surface area (Å²) in [6.07, 6.45) is 0.175. The van der Waals surface area contributed by atoms with Crippen molar-refractivity contribution in [3.63, 3.8) is 0 Å². The highest BCUT2D eigenvalue weighted by atomic mass is 16.8. The quantitative estimate of drug-likeness (QED) is 0.703. The molecule has 5 atom stereocenters. The molecule has 7 rings (SSSR count). The maximum Gasteiger partial charge on any atom is 0.197 e. The summed E-state index contributed by atoms with van der Waals surface area (Å²) in [5.41, 5.74) is 0.715. The molecule has 3 saturated heterocycles. The molecule has 162 valence electrons. The third kappa shape index (κ3) is 1.83. The molecule has 3 unspecified atom stereocenters. The Morgan fingerprint density at radius 1 is 1.29 bits per heavy atom. The Hall–Kier alpha value is -2.39. The highest BCUT2D eigenvalue weighted by molar-refractivity contribution is 6.11. The van der Waals surface area contributed by atoms with Gasteiger partial charge in [0.15, 0.2) is 23.3 Å². The van der Waals surface area contributed by atoms with Crippen LogP contribution in [0.4, 0.5) is 0 Å². The van der Waals surface area contributed by atoms with Crippen LogP contribution in [0, 0.1) is 6.92 Å². The number of phenols is 1. The van der Waals surface area contributed by atoms with Crippen molar-refractivity contribution in [2.75, 3.05) is 20.3 Å². The Morgan fingerprint density at radius 3 is 2.81 bits per heavy atom. The van der Waals surface area contributed by atoms with E-state index in [2.05, 4.69) is 0 Å². The number of aryl methyl sites for hydroxylation is 1. The van der Waals surface area contributed by atoms with Gasteiger partial charge in [0.2, 0.25) is 0 Å². The molecule has 31 heavy (non-hydrogen) atoms.